The van der Waals surface area contributed by atoms with Crippen molar-refractivity contribution in [2.45, 2.75) is 0 Å². The number of furan rings is 1. The van der Waals surface area contributed by atoms with Crippen LogP contribution in [-0.2, 0) is 0 Å². The van der Waals surface area contributed by atoms with Crippen molar-refractivity contribution in [2.75, 3.05) is 4.90 Å². The van der Waals surface area contributed by atoms with E-state index in [9.17, 15) is 0 Å². The van der Waals surface area contributed by atoms with Crippen LogP contribution in [0.15, 0.2) is 162 Å². The number of fused-ring (bicyclic) bond motifs is 6. The Hall–Kier alpha value is -5.93. The molecule has 0 saturated carbocycles. The zero-order valence-electron chi connectivity index (χ0n) is 25.7. The summed E-state index contributed by atoms with van der Waals surface area (Å²) < 4.78 is 22.4. The Morgan fingerprint density at radius 3 is 1.75 bits per heavy atom. The molecule has 44 heavy (non-hydrogen) atoms. The van der Waals surface area contributed by atoms with Crippen molar-refractivity contribution in [1.29, 1.82) is 0 Å². The van der Waals surface area contributed by atoms with E-state index in [2.05, 4.69) is 137 Å². The fraction of sp³-hybridized carbons (Fsp3) is 0. The van der Waals surface area contributed by atoms with Crippen LogP contribution in [0.5, 0.6) is 0 Å². The van der Waals surface area contributed by atoms with Gasteiger partial charge in [0, 0.05) is 46.2 Å². The number of rotatable bonds is 4. The van der Waals surface area contributed by atoms with Gasteiger partial charge in [0.1, 0.15) is 11.2 Å². The molecular formula is C41H26N2O. The summed E-state index contributed by atoms with van der Waals surface area (Å²) in [6.45, 7) is 0. The minimum absolute atomic E-state index is 0.0960. The van der Waals surface area contributed by atoms with E-state index in [1.165, 1.54) is 16.2 Å². The molecule has 0 saturated heterocycles. The van der Waals surface area contributed by atoms with Gasteiger partial charge in [0.05, 0.1) is 2.74 Å². The Morgan fingerprint density at radius 2 is 0.977 bits per heavy atom. The molecule has 206 valence electrons. The SMILES string of the molecule is [2H]c1cc(-c2ccc3cc(N(c4ccc5ccccc5c4)c4ccc5c(c4)oc4cc6ccccc6cc45)ccc3c2)cc([2H])n1. The van der Waals surface area contributed by atoms with Crippen molar-refractivity contribution in [2.24, 2.45) is 0 Å². The zero-order chi connectivity index (χ0) is 30.8. The molecule has 0 amide bonds. The van der Waals surface area contributed by atoms with Crippen LogP contribution in [0.3, 0.4) is 0 Å². The smallest absolute Gasteiger partial charge is 0.137 e. The Kier molecular flexibility index (Phi) is 5.05. The van der Waals surface area contributed by atoms with Gasteiger partial charge in [-0.2, -0.15) is 0 Å². The third-order valence-corrected chi connectivity index (χ3v) is 8.56. The Morgan fingerprint density at radius 1 is 0.432 bits per heavy atom. The summed E-state index contributed by atoms with van der Waals surface area (Å²) in [7, 11) is 0. The number of anilines is 3. The number of pyridine rings is 1. The fourth-order valence-corrected chi connectivity index (χ4v) is 6.35. The highest BCUT2D eigenvalue weighted by molar-refractivity contribution is 6.11. The summed E-state index contributed by atoms with van der Waals surface area (Å²) in [5.41, 5.74) is 6.60. The molecule has 0 radical (unpaired) electrons. The standard InChI is InChI=1S/C41H26N2O/c1-2-6-29-22-35(13-11-27(29)5-1)43(36-14-12-33-21-32(9-10-34(33)23-36)28-17-19-42-20-18-28)37-15-16-38-39-24-30-7-3-4-8-31(30)25-40(39)44-41(38)26-37/h1-26H/i19D,20D. The van der Waals surface area contributed by atoms with Crippen molar-refractivity contribution in [1.82, 2.24) is 4.98 Å². The number of hydrogen-bond acceptors (Lipinski definition) is 3. The molecule has 3 heteroatoms. The van der Waals surface area contributed by atoms with Gasteiger partial charge in [-0.25, -0.2) is 0 Å². The van der Waals surface area contributed by atoms with Crippen molar-refractivity contribution in [3.8, 4) is 11.1 Å². The predicted molar refractivity (Wildman–Crippen MR) is 184 cm³/mol. The molecule has 2 aromatic heterocycles. The summed E-state index contributed by atoms with van der Waals surface area (Å²) in [6.07, 6.45) is 0.192. The quantitative estimate of drug-likeness (QED) is 0.213. The maximum atomic E-state index is 7.95. The summed E-state index contributed by atoms with van der Waals surface area (Å²) in [5.74, 6) is 0. The fourth-order valence-electron chi connectivity index (χ4n) is 6.35. The first kappa shape index (κ1) is 22.6. The first-order chi connectivity index (χ1) is 22.6. The van der Waals surface area contributed by atoms with Gasteiger partial charge in [-0.05, 0) is 110 Å². The molecule has 0 aliphatic heterocycles. The predicted octanol–water partition coefficient (Wildman–Crippen LogP) is 11.6. The Bertz CT molecular complexity index is 2620. The Labute approximate surface area is 257 Å². The van der Waals surface area contributed by atoms with E-state index in [1.807, 2.05) is 6.07 Å². The van der Waals surface area contributed by atoms with Gasteiger partial charge in [-0.1, -0.05) is 72.8 Å². The van der Waals surface area contributed by atoms with E-state index < -0.39 is 0 Å². The van der Waals surface area contributed by atoms with Gasteiger partial charge in [0.25, 0.3) is 0 Å². The van der Waals surface area contributed by atoms with Crippen LogP contribution in [-0.4, -0.2) is 4.98 Å². The van der Waals surface area contributed by atoms with Crippen LogP contribution in [0.4, 0.5) is 17.1 Å². The highest BCUT2D eigenvalue weighted by Gasteiger charge is 2.17. The van der Waals surface area contributed by atoms with Crippen molar-refractivity contribution in [3.63, 3.8) is 0 Å². The lowest BCUT2D eigenvalue weighted by Gasteiger charge is -2.26. The maximum Gasteiger partial charge on any atom is 0.137 e. The van der Waals surface area contributed by atoms with Crippen LogP contribution >= 0.6 is 0 Å². The van der Waals surface area contributed by atoms with Gasteiger partial charge in [0.2, 0.25) is 0 Å². The molecule has 0 bridgehead atoms. The van der Waals surface area contributed by atoms with Crippen LogP contribution in [0.25, 0.3) is 65.4 Å². The second-order valence-corrected chi connectivity index (χ2v) is 11.2. The molecule has 7 aromatic carbocycles. The third kappa shape index (κ3) is 4.10. The molecule has 0 aliphatic rings. The minimum Gasteiger partial charge on any atom is -0.456 e. The second kappa shape index (κ2) is 9.82. The lowest BCUT2D eigenvalue weighted by atomic mass is 10.0. The van der Waals surface area contributed by atoms with E-state index in [1.54, 1.807) is 12.1 Å². The van der Waals surface area contributed by atoms with Gasteiger partial charge in [-0.15, -0.1) is 0 Å². The average molecular weight is 565 g/mol. The molecule has 0 atom stereocenters. The van der Waals surface area contributed by atoms with Gasteiger partial charge >= 0.3 is 0 Å². The maximum absolute atomic E-state index is 7.95. The van der Waals surface area contributed by atoms with Crippen molar-refractivity contribution < 1.29 is 7.16 Å². The van der Waals surface area contributed by atoms with Crippen LogP contribution < -0.4 is 4.90 Å². The molecule has 2 heterocycles. The van der Waals surface area contributed by atoms with Gasteiger partial charge < -0.3 is 9.32 Å². The molecule has 3 nitrogen and oxygen atoms in total. The van der Waals surface area contributed by atoms with Crippen LogP contribution in [0.1, 0.15) is 2.74 Å². The number of aromatic nitrogens is 1. The Balaban J connectivity index is 1.20. The molecule has 0 spiro atoms. The highest BCUT2D eigenvalue weighted by atomic mass is 16.3. The number of nitrogens with zero attached hydrogens (tertiary/aromatic N) is 2. The molecule has 0 N–H and O–H groups in total. The van der Waals surface area contributed by atoms with Crippen molar-refractivity contribution >= 4 is 71.3 Å². The van der Waals surface area contributed by atoms with E-state index in [0.717, 1.165) is 66.3 Å². The lowest BCUT2D eigenvalue weighted by Crippen LogP contribution is -2.09. The summed E-state index contributed by atoms with van der Waals surface area (Å²) in [5, 5.41) is 9.11. The molecule has 0 fully saturated rings. The minimum atomic E-state index is 0.0960. The summed E-state index contributed by atoms with van der Waals surface area (Å²) in [6, 6.07) is 50.4. The topological polar surface area (TPSA) is 29.3 Å². The zero-order valence-corrected chi connectivity index (χ0v) is 23.7. The third-order valence-electron chi connectivity index (χ3n) is 8.56. The largest absolute Gasteiger partial charge is 0.456 e. The highest BCUT2D eigenvalue weighted by Crippen LogP contribution is 2.41. The average Bonchev–Trinajstić information content (AvgIpc) is 3.43. The van der Waals surface area contributed by atoms with E-state index >= 15 is 0 Å². The first-order valence-electron chi connectivity index (χ1n) is 15.7. The molecule has 0 unspecified atom stereocenters. The monoisotopic (exact) mass is 564 g/mol. The van der Waals surface area contributed by atoms with E-state index in [0.29, 0.717) is 0 Å². The van der Waals surface area contributed by atoms with Gasteiger partial charge in [-0.3, -0.25) is 4.98 Å². The van der Waals surface area contributed by atoms with Crippen LogP contribution in [0.2, 0.25) is 0 Å². The molecular weight excluding hydrogens is 536 g/mol. The normalized spacial score (nSPS) is 12.3. The molecule has 9 aromatic rings. The molecule has 9 rings (SSSR count). The van der Waals surface area contributed by atoms with Gasteiger partial charge in [0.15, 0.2) is 0 Å². The second-order valence-electron chi connectivity index (χ2n) is 11.2. The van der Waals surface area contributed by atoms with E-state index in [-0.39, 0.29) is 12.3 Å². The lowest BCUT2D eigenvalue weighted by molar-refractivity contribution is 0.669. The molecule has 0 aliphatic carbocycles. The summed E-state index contributed by atoms with van der Waals surface area (Å²) in [4.78, 5) is 6.18. The number of benzene rings is 7. The van der Waals surface area contributed by atoms with Crippen molar-refractivity contribution in [3.05, 3.63) is 158 Å². The number of hydrogen-bond donors (Lipinski definition) is 0. The first-order valence-corrected chi connectivity index (χ1v) is 14.7. The summed E-state index contributed by atoms with van der Waals surface area (Å²) >= 11 is 0. The van der Waals surface area contributed by atoms with E-state index in [4.69, 9.17) is 7.16 Å². The van der Waals surface area contributed by atoms with Crippen LogP contribution in [0, 0.1) is 0 Å².